The zero-order chi connectivity index (χ0) is 15.1. The van der Waals surface area contributed by atoms with Crippen LogP contribution in [0.4, 0.5) is 0 Å². The van der Waals surface area contributed by atoms with E-state index < -0.39 is 11.2 Å². The molecular weight excluding hydrogens is 290 g/mol. The Morgan fingerprint density at radius 1 is 1.29 bits per heavy atom. The molecule has 0 aromatic carbocycles. The molecule has 0 N–H and O–H groups in total. The molecule has 2 aliphatic rings. The Kier molecular flexibility index (Phi) is 3.17. The van der Waals surface area contributed by atoms with Gasteiger partial charge < -0.3 is 0 Å². The second kappa shape index (κ2) is 4.88. The van der Waals surface area contributed by atoms with Gasteiger partial charge in [0.1, 0.15) is 0 Å². The van der Waals surface area contributed by atoms with Gasteiger partial charge in [-0.25, -0.2) is 14.5 Å². The van der Waals surface area contributed by atoms with E-state index in [1.54, 1.807) is 0 Å². The highest BCUT2D eigenvalue weighted by molar-refractivity contribution is 7.13. The molecule has 0 spiro atoms. The van der Waals surface area contributed by atoms with E-state index in [2.05, 4.69) is 15.1 Å². The molecule has 21 heavy (non-hydrogen) atoms. The van der Waals surface area contributed by atoms with Crippen LogP contribution in [0.5, 0.6) is 0 Å². The SMILES string of the molecule is CCn1nc(-c2cc(C)cs2)nc2c(=O)n(C)c(=O)nc1-2. The van der Waals surface area contributed by atoms with E-state index in [1.807, 2.05) is 25.3 Å². The number of nitrogens with zero attached hydrogens (tertiary/aromatic N) is 5. The van der Waals surface area contributed by atoms with E-state index in [1.165, 1.54) is 23.1 Å². The van der Waals surface area contributed by atoms with Gasteiger partial charge in [0.05, 0.1) is 4.88 Å². The van der Waals surface area contributed by atoms with Gasteiger partial charge in [-0.3, -0.25) is 9.36 Å². The topological polar surface area (TPSA) is 82.7 Å². The second-order valence-corrected chi connectivity index (χ2v) is 5.58. The summed E-state index contributed by atoms with van der Waals surface area (Å²) in [6.07, 6.45) is 0. The van der Waals surface area contributed by atoms with Crippen molar-refractivity contribution in [3.05, 3.63) is 37.8 Å². The van der Waals surface area contributed by atoms with Crippen LogP contribution in [0.3, 0.4) is 0 Å². The molecule has 0 radical (unpaired) electrons. The van der Waals surface area contributed by atoms with Crippen LogP contribution in [-0.4, -0.2) is 24.3 Å². The summed E-state index contributed by atoms with van der Waals surface area (Å²) < 4.78 is 2.49. The van der Waals surface area contributed by atoms with Gasteiger partial charge in [-0.2, -0.15) is 4.98 Å². The molecule has 108 valence electrons. The number of thiophene rings is 1. The molecule has 0 fully saturated rings. The molecule has 3 rings (SSSR count). The van der Waals surface area contributed by atoms with Gasteiger partial charge >= 0.3 is 5.69 Å². The molecule has 2 aliphatic heterocycles. The molecule has 0 aliphatic carbocycles. The van der Waals surface area contributed by atoms with Crippen molar-refractivity contribution < 1.29 is 0 Å². The molecule has 3 heterocycles. The molecule has 0 bridgehead atoms. The van der Waals surface area contributed by atoms with Crippen molar-refractivity contribution in [1.29, 1.82) is 0 Å². The Balaban J connectivity index is 2.38. The highest BCUT2D eigenvalue weighted by Gasteiger charge is 2.20. The maximum atomic E-state index is 12.2. The van der Waals surface area contributed by atoms with E-state index in [-0.39, 0.29) is 11.5 Å². The van der Waals surface area contributed by atoms with Crippen molar-refractivity contribution >= 4 is 11.3 Å². The van der Waals surface area contributed by atoms with Crippen LogP contribution >= 0.6 is 11.3 Å². The predicted molar refractivity (Wildman–Crippen MR) is 79.7 cm³/mol. The van der Waals surface area contributed by atoms with Crippen molar-refractivity contribution in [2.24, 2.45) is 7.05 Å². The summed E-state index contributed by atoms with van der Waals surface area (Å²) in [5.74, 6) is 0.697. The first-order valence-electron chi connectivity index (χ1n) is 6.42. The molecular formula is C13H13N5O2S. The number of fused-ring (bicyclic) bond motifs is 1. The average Bonchev–Trinajstić information content (AvgIpc) is 2.91. The summed E-state index contributed by atoms with van der Waals surface area (Å²) in [6.45, 7) is 4.36. The van der Waals surface area contributed by atoms with Gasteiger partial charge in [-0.05, 0) is 30.9 Å². The summed E-state index contributed by atoms with van der Waals surface area (Å²) in [4.78, 5) is 33.0. The lowest BCUT2D eigenvalue weighted by molar-refractivity contribution is 0.613. The zero-order valence-corrected chi connectivity index (χ0v) is 12.6. The van der Waals surface area contributed by atoms with Crippen LogP contribution in [0.1, 0.15) is 12.5 Å². The minimum atomic E-state index is -0.599. The van der Waals surface area contributed by atoms with Crippen molar-refractivity contribution in [2.45, 2.75) is 20.4 Å². The number of hydrogen-bond donors (Lipinski definition) is 0. The van der Waals surface area contributed by atoms with Gasteiger partial charge in [-0.1, -0.05) is 0 Å². The third-order valence-electron chi connectivity index (χ3n) is 3.14. The summed E-state index contributed by atoms with van der Waals surface area (Å²) >= 11 is 1.51. The summed E-state index contributed by atoms with van der Waals surface area (Å²) in [5.41, 5.74) is 0.222. The largest absolute Gasteiger partial charge is 0.352 e. The van der Waals surface area contributed by atoms with Crippen LogP contribution in [0, 0.1) is 6.92 Å². The van der Waals surface area contributed by atoms with Crippen molar-refractivity contribution in [2.75, 3.05) is 0 Å². The van der Waals surface area contributed by atoms with Crippen LogP contribution in [0.2, 0.25) is 0 Å². The minimum Gasteiger partial charge on any atom is -0.267 e. The number of aryl methyl sites for hydroxylation is 2. The third kappa shape index (κ3) is 2.17. The van der Waals surface area contributed by atoms with E-state index >= 15 is 0 Å². The molecule has 0 saturated heterocycles. The maximum Gasteiger partial charge on any atom is 0.352 e. The zero-order valence-electron chi connectivity index (χ0n) is 11.8. The van der Waals surface area contributed by atoms with Gasteiger partial charge in [0.2, 0.25) is 0 Å². The quantitative estimate of drug-likeness (QED) is 0.702. The maximum absolute atomic E-state index is 12.2. The molecule has 0 amide bonds. The fourth-order valence-corrected chi connectivity index (χ4v) is 2.83. The van der Waals surface area contributed by atoms with Crippen LogP contribution < -0.4 is 11.2 Å². The van der Waals surface area contributed by atoms with Crippen molar-refractivity contribution in [3.63, 3.8) is 0 Å². The monoisotopic (exact) mass is 303 g/mol. The standard InChI is InChI=1S/C13H13N5O2S/c1-4-18-11-9(12(19)17(3)13(20)15-11)14-10(16-18)8-5-7(2)6-21-8/h5-6H,4H2,1-3H3. The Labute approximate surface area is 123 Å². The van der Waals surface area contributed by atoms with Gasteiger partial charge in [0.25, 0.3) is 5.56 Å². The fraction of sp³-hybridized carbons (Fsp3) is 0.308. The van der Waals surface area contributed by atoms with Crippen molar-refractivity contribution in [1.82, 2.24) is 24.3 Å². The first-order chi connectivity index (χ1) is 10.0. The summed E-state index contributed by atoms with van der Waals surface area (Å²) in [5, 5.41) is 6.38. The Morgan fingerprint density at radius 2 is 2.05 bits per heavy atom. The summed E-state index contributed by atoms with van der Waals surface area (Å²) in [7, 11) is 1.39. The van der Waals surface area contributed by atoms with Crippen molar-refractivity contribution in [3.8, 4) is 22.2 Å². The molecule has 1 aromatic heterocycles. The fourth-order valence-electron chi connectivity index (χ4n) is 2.00. The molecule has 0 saturated carbocycles. The minimum absolute atomic E-state index is 0.162. The number of aromatic nitrogens is 5. The van der Waals surface area contributed by atoms with E-state index in [0.717, 1.165) is 15.0 Å². The molecule has 1 aromatic rings. The molecule has 0 atom stereocenters. The van der Waals surface area contributed by atoms with Crippen LogP contribution in [0.25, 0.3) is 22.2 Å². The predicted octanol–water partition coefficient (Wildman–Crippen LogP) is 0.894. The average molecular weight is 303 g/mol. The smallest absolute Gasteiger partial charge is 0.267 e. The first kappa shape index (κ1) is 13.6. The van der Waals surface area contributed by atoms with E-state index in [0.29, 0.717) is 12.4 Å². The highest BCUT2D eigenvalue weighted by Crippen LogP contribution is 2.25. The van der Waals surface area contributed by atoms with E-state index in [4.69, 9.17) is 0 Å². The Bertz CT molecular complexity index is 908. The number of hydrogen-bond acceptors (Lipinski definition) is 6. The third-order valence-corrected chi connectivity index (χ3v) is 4.18. The van der Waals surface area contributed by atoms with Crippen LogP contribution in [-0.2, 0) is 13.6 Å². The van der Waals surface area contributed by atoms with E-state index in [9.17, 15) is 9.59 Å². The normalized spacial score (nSPS) is 11.2. The lowest BCUT2D eigenvalue weighted by Crippen LogP contribution is -2.37. The lowest BCUT2D eigenvalue weighted by atomic mass is 10.3. The number of rotatable bonds is 2. The molecule has 7 nitrogen and oxygen atoms in total. The van der Waals surface area contributed by atoms with Crippen LogP contribution in [0.15, 0.2) is 21.0 Å². The van der Waals surface area contributed by atoms with Gasteiger partial charge in [0.15, 0.2) is 17.3 Å². The molecule has 0 unspecified atom stereocenters. The first-order valence-corrected chi connectivity index (χ1v) is 7.30. The highest BCUT2D eigenvalue weighted by atomic mass is 32.1. The summed E-state index contributed by atoms with van der Waals surface area (Å²) in [6, 6.07) is 1.96. The van der Waals surface area contributed by atoms with Gasteiger partial charge in [0, 0.05) is 13.6 Å². The lowest BCUT2D eigenvalue weighted by Gasteiger charge is -2.12. The second-order valence-electron chi connectivity index (χ2n) is 4.67. The Hall–Kier alpha value is -2.35. The Morgan fingerprint density at radius 3 is 2.67 bits per heavy atom. The molecule has 8 heteroatoms. The van der Waals surface area contributed by atoms with Gasteiger partial charge in [-0.15, -0.1) is 16.4 Å².